The zero-order chi connectivity index (χ0) is 29.0. The molecule has 0 saturated heterocycles. The van der Waals surface area contributed by atoms with Gasteiger partial charge in [0, 0.05) is 27.6 Å². The monoisotopic (exact) mass is 553 g/mol. The molecule has 1 aromatic heterocycles. The van der Waals surface area contributed by atoms with Crippen LogP contribution < -0.4 is 5.73 Å². The first-order chi connectivity index (χ1) is 21.2. The molecule has 43 heavy (non-hydrogen) atoms. The van der Waals surface area contributed by atoms with Gasteiger partial charge >= 0.3 is 0 Å². The van der Waals surface area contributed by atoms with E-state index >= 15 is 0 Å². The molecule has 0 unspecified atom stereocenters. The van der Waals surface area contributed by atoms with Gasteiger partial charge in [0.05, 0.1) is 16.7 Å². The molecule has 206 valence electrons. The number of para-hydroxylation sites is 2. The third kappa shape index (κ3) is 5.37. The first kappa shape index (κ1) is 26.2. The van der Waals surface area contributed by atoms with Crippen LogP contribution in [0.1, 0.15) is 16.7 Å². The lowest BCUT2D eigenvalue weighted by Gasteiger charge is -2.12. The molecule has 3 heteroatoms. The molecule has 0 atom stereocenters. The summed E-state index contributed by atoms with van der Waals surface area (Å²) >= 11 is 0. The van der Waals surface area contributed by atoms with Gasteiger partial charge < -0.3 is 10.3 Å². The van der Waals surface area contributed by atoms with Gasteiger partial charge in [-0.15, -0.1) is 0 Å². The Morgan fingerprint density at radius 2 is 1.12 bits per heavy atom. The molecule has 0 amide bonds. The van der Waals surface area contributed by atoms with Crippen molar-refractivity contribution in [3.05, 3.63) is 180 Å². The second-order valence-corrected chi connectivity index (χ2v) is 10.6. The largest absolute Gasteiger partial charge is 0.383 e. The fourth-order valence-electron chi connectivity index (χ4n) is 5.71. The van der Waals surface area contributed by atoms with Gasteiger partial charge in [-0.3, -0.25) is 0 Å². The minimum Gasteiger partial charge on any atom is -0.383 e. The lowest BCUT2D eigenvalue weighted by atomic mass is 10.0. The second-order valence-electron chi connectivity index (χ2n) is 10.6. The van der Waals surface area contributed by atoms with Crippen LogP contribution in [-0.2, 0) is 6.42 Å². The number of rotatable bonds is 7. The molecule has 0 aliphatic carbocycles. The van der Waals surface area contributed by atoms with Crippen LogP contribution in [0.3, 0.4) is 0 Å². The fourth-order valence-corrected chi connectivity index (χ4v) is 5.71. The molecule has 0 bridgehead atoms. The molecule has 1 heterocycles. The summed E-state index contributed by atoms with van der Waals surface area (Å²) in [6.07, 6.45) is 2.91. The maximum atomic E-state index is 6.57. The van der Waals surface area contributed by atoms with Gasteiger partial charge in [0.15, 0.2) is 0 Å². The van der Waals surface area contributed by atoms with Crippen molar-refractivity contribution in [1.29, 1.82) is 0 Å². The summed E-state index contributed by atoms with van der Waals surface area (Å²) in [7, 11) is 0. The minimum absolute atomic E-state index is 0.494. The van der Waals surface area contributed by atoms with E-state index in [0.29, 0.717) is 5.84 Å². The lowest BCUT2D eigenvalue weighted by molar-refractivity contribution is 1.17. The quantitative estimate of drug-likeness (QED) is 0.155. The second kappa shape index (κ2) is 11.7. The highest BCUT2D eigenvalue weighted by atomic mass is 15.0. The Morgan fingerprint density at radius 3 is 1.79 bits per heavy atom. The highest BCUT2D eigenvalue weighted by Crippen LogP contribution is 2.33. The van der Waals surface area contributed by atoms with Gasteiger partial charge in [-0.05, 0) is 47.4 Å². The van der Waals surface area contributed by atoms with Gasteiger partial charge in [-0.1, -0.05) is 140 Å². The number of fused-ring (bicyclic) bond motifs is 3. The fraction of sp³-hybridized carbons (Fsp3) is 0.0250. The summed E-state index contributed by atoms with van der Waals surface area (Å²) in [5.41, 5.74) is 16.4. The molecule has 6 aromatic carbocycles. The summed E-state index contributed by atoms with van der Waals surface area (Å²) in [5, 5.41) is 2.48. The molecule has 7 aromatic rings. The number of nitrogens with two attached hydrogens (primary N) is 1. The number of hydrogen-bond donors (Lipinski definition) is 1. The van der Waals surface area contributed by atoms with Gasteiger partial charge in [0.2, 0.25) is 0 Å². The summed E-state index contributed by atoms with van der Waals surface area (Å²) in [6.45, 7) is 0. The smallest absolute Gasteiger partial charge is 0.131 e. The van der Waals surface area contributed by atoms with Gasteiger partial charge in [-0.25, -0.2) is 4.99 Å². The van der Waals surface area contributed by atoms with Crippen molar-refractivity contribution < 1.29 is 0 Å². The van der Waals surface area contributed by atoms with Crippen molar-refractivity contribution in [1.82, 2.24) is 4.57 Å². The number of aliphatic imine (C=N–C) groups is 1. The topological polar surface area (TPSA) is 43.3 Å². The van der Waals surface area contributed by atoms with E-state index < -0.39 is 0 Å². The van der Waals surface area contributed by atoms with E-state index in [0.717, 1.165) is 28.9 Å². The minimum atomic E-state index is 0.494. The maximum Gasteiger partial charge on any atom is 0.131 e. The average Bonchev–Trinajstić information content (AvgIpc) is 3.42. The molecule has 0 saturated carbocycles. The van der Waals surface area contributed by atoms with Crippen molar-refractivity contribution in [2.45, 2.75) is 6.42 Å². The molecule has 0 aliphatic rings. The van der Waals surface area contributed by atoms with Crippen LogP contribution in [0.15, 0.2) is 169 Å². The van der Waals surface area contributed by atoms with E-state index in [1.807, 2.05) is 36.4 Å². The SMILES string of the molecule is NC(=N/C(=C\Cc1ccc(-c2ccccc2)cc1)c1cccc(-n2c3ccccc3c3ccccc32)c1)c1ccccc1. The van der Waals surface area contributed by atoms with Crippen LogP contribution in [0.5, 0.6) is 0 Å². The zero-order valence-corrected chi connectivity index (χ0v) is 23.8. The molecule has 3 nitrogen and oxygen atoms in total. The van der Waals surface area contributed by atoms with Crippen LogP contribution >= 0.6 is 0 Å². The summed E-state index contributed by atoms with van der Waals surface area (Å²) in [4.78, 5) is 4.99. The Balaban J connectivity index is 1.30. The number of amidine groups is 1. The van der Waals surface area contributed by atoms with Crippen molar-refractivity contribution in [3.8, 4) is 16.8 Å². The Hall–Kier alpha value is -5.67. The van der Waals surface area contributed by atoms with E-state index in [4.69, 9.17) is 10.7 Å². The Bertz CT molecular complexity index is 2030. The zero-order valence-electron chi connectivity index (χ0n) is 23.8. The average molecular weight is 554 g/mol. The van der Waals surface area contributed by atoms with Crippen molar-refractivity contribution >= 4 is 33.3 Å². The first-order valence-corrected chi connectivity index (χ1v) is 14.6. The normalized spacial score (nSPS) is 12.2. The molecule has 0 spiro atoms. The molecular weight excluding hydrogens is 522 g/mol. The van der Waals surface area contributed by atoms with Crippen LogP contribution in [0.25, 0.3) is 44.3 Å². The van der Waals surface area contributed by atoms with E-state index in [2.05, 4.69) is 132 Å². The number of nitrogens with zero attached hydrogens (tertiary/aromatic N) is 2. The summed E-state index contributed by atoms with van der Waals surface area (Å²) in [5.74, 6) is 0.494. The molecular formula is C40H31N3. The molecule has 0 radical (unpaired) electrons. The number of allylic oxidation sites excluding steroid dienone is 1. The molecule has 0 fully saturated rings. The maximum absolute atomic E-state index is 6.57. The van der Waals surface area contributed by atoms with Crippen molar-refractivity contribution in [3.63, 3.8) is 0 Å². The molecule has 7 rings (SSSR count). The van der Waals surface area contributed by atoms with Crippen LogP contribution in [0.4, 0.5) is 0 Å². The highest BCUT2D eigenvalue weighted by molar-refractivity contribution is 6.09. The van der Waals surface area contributed by atoms with E-state index in [1.54, 1.807) is 0 Å². The van der Waals surface area contributed by atoms with E-state index in [1.165, 1.54) is 38.5 Å². The Morgan fingerprint density at radius 1 is 0.558 bits per heavy atom. The Labute approximate surface area is 251 Å². The molecule has 2 N–H and O–H groups in total. The van der Waals surface area contributed by atoms with Gasteiger partial charge in [0.1, 0.15) is 5.84 Å². The van der Waals surface area contributed by atoms with Crippen molar-refractivity contribution in [2.75, 3.05) is 0 Å². The summed E-state index contributed by atoms with van der Waals surface area (Å²) < 4.78 is 2.33. The standard InChI is InChI=1S/C40H31N3/c41-40(32-14-5-2-6-15-32)42-37(27-24-29-22-25-31(26-23-29)30-12-3-1-4-13-30)33-16-11-17-34(28-33)43-38-20-9-7-18-35(38)36-19-8-10-21-39(36)43/h1-23,25-28H,24H2,(H2,41,42)/b37-27-. The van der Waals surface area contributed by atoms with Crippen LogP contribution in [0.2, 0.25) is 0 Å². The third-order valence-corrected chi connectivity index (χ3v) is 7.88. The van der Waals surface area contributed by atoms with E-state index in [9.17, 15) is 0 Å². The van der Waals surface area contributed by atoms with Gasteiger partial charge in [-0.2, -0.15) is 0 Å². The van der Waals surface area contributed by atoms with E-state index in [-0.39, 0.29) is 0 Å². The Kier molecular flexibility index (Phi) is 7.12. The third-order valence-electron chi connectivity index (χ3n) is 7.88. The number of benzene rings is 6. The number of hydrogen-bond acceptors (Lipinski definition) is 1. The van der Waals surface area contributed by atoms with Crippen LogP contribution in [-0.4, -0.2) is 10.4 Å². The predicted molar refractivity (Wildman–Crippen MR) is 182 cm³/mol. The first-order valence-electron chi connectivity index (χ1n) is 14.6. The number of aromatic nitrogens is 1. The lowest BCUT2D eigenvalue weighted by Crippen LogP contribution is -2.13. The van der Waals surface area contributed by atoms with Gasteiger partial charge in [0.25, 0.3) is 0 Å². The predicted octanol–water partition coefficient (Wildman–Crippen LogP) is 9.44. The summed E-state index contributed by atoms with van der Waals surface area (Å²) in [6, 6.07) is 54.9. The highest BCUT2D eigenvalue weighted by Gasteiger charge is 2.13. The van der Waals surface area contributed by atoms with Crippen molar-refractivity contribution in [2.24, 2.45) is 10.7 Å². The van der Waals surface area contributed by atoms with Crippen LogP contribution in [0, 0.1) is 0 Å². The molecule has 0 aliphatic heterocycles.